The van der Waals surface area contributed by atoms with E-state index >= 15 is 0 Å². The maximum absolute atomic E-state index is 12.7. The smallest absolute Gasteiger partial charge is 0.261 e. The third kappa shape index (κ3) is 4.31. The van der Waals surface area contributed by atoms with Crippen molar-refractivity contribution in [2.45, 2.75) is 51.9 Å². The van der Waals surface area contributed by atoms with E-state index in [-0.39, 0.29) is 17.6 Å². The number of hydrogen-bond donors (Lipinski definition) is 1. The number of fused-ring (bicyclic) bond motifs is 1. The van der Waals surface area contributed by atoms with Crippen molar-refractivity contribution in [1.82, 2.24) is 5.32 Å². The molecule has 2 atom stereocenters. The third-order valence-electron chi connectivity index (χ3n) is 4.44. The summed E-state index contributed by atoms with van der Waals surface area (Å²) in [7, 11) is 0. The van der Waals surface area contributed by atoms with Gasteiger partial charge in [0.05, 0.1) is 6.04 Å². The van der Waals surface area contributed by atoms with E-state index in [0.29, 0.717) is 17.2 Å². The molecule has 4 nitrogen and oxygen atoms in total. The lowest BCUT2D eigenvalue weighted by atomic mass is 9.89. The molecule has 0 spiro atoms. The molecule has 0 saturated heterocycles. The summed E-state index contributed by atoms with van der Waals surface area (Å²) in [5, 5.41) is 3.74. The number of carbonyl (C=O) groups is 1. The van der Waals surface area contributed by atoms with Crippen LogP contribution in [-0.2, 0) is 4.79 Å². The van der Waals surface area contributed by atoms with Crippen LogP contribution in [-0.4, -0.2) is 17.6 Å². The van der Waals surface area contributed by atoms with Crippen LogP contribution in [0.5, 0.6) is 11.5 Å². The quantitative estimate of drug-likeness (QED) is 0.834. The molecule has 1 heterocycles. The van der Waals surface area contributed by atoms with E-state index in [1.165, 1.54) is 0 Å². The van der Waals surface area contributed by atoms with Gasteiger partial charge in [-0.15, -0.1) is 0 Å². The summed E-state index contributed by atoms with van der Waals surface area (Å²) in [6, 6.07) is 12.9. The van der Waals surface area contributed by atoms with Crippen LogP contribution >= 0.6 is 11.6 Å². The second-order valence-electron chi connectivity index (χ2n) is 7.38. The summed E-state index contributed by atoms with van der Waals surface area (Å²) in [6.45, 7) is 7.83. The SMILES string of the molecule is Cc1ccc2c(c1)OC(C)(C)CC2NC(=O)C(C)Oc1ccc(Cl)cc1. The van der Waals surface area contributed by atoms with Crippen LogP contribution in [0.2, 0.25) is 5.02 Å². The maximum atomic E-state index is 12.7. The largest absolute Gasteiger partial charge is 0.487 e. The first-order chi connectivity index (χ1) is 12.2. The van der Waals surface area contributed by atoms with E-state index < -0.39 is 6.10 Å². The normalized spacial score (nSPS) is 19.0. The predicted molar refractivity (Wildman–Crippen MR) is 103 cm³/mol. The van der Waals surface area contributed by atoms with Gasteiger partial charge in [0.2, 0.25) is 0 Å². The Kier molecular flexibility index (Phi) is 5.15. The van der Waals surface area contributed by atoms with Crippen LogP contribution in [0.3, 0.4) is 0 Å². The fraction of sp³-hybridized carbons (Fsp3) is 0.381. The van der Waals surface area contributed by atoms with Gasteiger partial charge < -0.3 is 14.8 Å². The fourth-order valence-corrected chi connectivity index (χ4v) is 3.27. The summed E-state index contributed by atoms with van der Waals surface area (Å²) in [6.07, 6.45) is 0.0821. The predicted octanol–water partition coefficient (Wildman–Crippen LogP) is 4.83. The maximum Gasteiger partial charge on any atom is 0.261 e. The Morgan fingerprint density at radius 2 is 1.96 bits per heavy atom. The van der Waals surface area contributed by atoms with Gasteiger partial charge in [0.25, 0.3) is 5.91 Å². The first-order valence-electron chi connectivity index (χ1n) is 8.76. The van der Waals surface area contributed by atoms with E-state index in [0.717, 1.165) is 16.9 Å². The Bertz CT molecular complexity index is 801. The highest BCUT2D eigenvalue weighted by molar-refractivity contribution is 6.30. The second-order valence-corrected chi connectivity index (χ2v) is 7.82. The number of rotatable bonds is 4. The highest BCUT2D eigenvalue weighted by atomic mass is 35.5. The lowest BCUT2D eigenvalue weighted by Gasteiger charge is -2.38. The van der Waals surface area contributed by atoms with Crippen molar-refractivity contribution in [2.75, 3.05) is 0 Å². The molecular formula is C21H24ClNO3. The lowest BCUT2D eigenvalue weighted by Crippen LogP contribution is -2.44. The fourth-order valence-electron chi connectivity index (χ4n) is 3.15. The van der Waals surface area contributed by atoms with Gasteiger partial charge in [-0.2, -0.15) is 0 Å². The Labute approximate surface area is 159 Å². The molecule has 1 aliphatic rings. The van der Waals surface area contributed by atoms with Crippen molar-refractivity contribution in [3.05, 3.63) is 58.6 Å². The van der Waals surface area contributed by atoms with E-state index in [9.17, 15) is 4.79 Å². The van der Waals surface area contributed by atoms with Crippen LogP contribution in [0.25, 0.3) is 0 Å². The third-order valence-corrected chi connectivity index (χ3v) is 4.69. The van der Waals surface area contributed by atoms with E-state index in [4.69, 9.17) is 21.1 Å². The van der Waals surface area contributed by atoms with Gasteiger partial charge in [0.1, 0.15) is 17.1 Å². The molecule has 0 saturated carbocycles. The van der Waals surface area contributed by atoms with E-state index in [1.54, 1.807) is 31.2 Å². The number of carbonyl (C=O) groups excluding carboxylic acids is 1. The van der Waals surface area contributed by atoms with Crippen LogP contribution in [0.1, 0.15) is 44.4 Å². The topological polar surface area (TPSA) is 47.6 Å². The zero-order valence-electron chi connectivity index (χ0n) is 15.5. The minimum Gasteiger partial charge on any atom is -0.487 e. The van der Waals surface area contributed by atoms with Gasteiger partial charge in [-0.3, -0.25) is 4.79 Å². The Hall–Kier alpha value is -2.20. The van der Waals surface area contributed by atoms with Gasteiger partial charge >= 0.3 is 0 Å². The number of aryl methyl sites for hydroxylation is 1. The van der Waals surface area contributed by atoms with Gasteiger partial charge in [-0.05, 0) is 63.6 Å². The van der Waals surface area contributed by atoms with Gasteiger partial charge in [-0.25, -0.2) is 0 Å². The molecule has 5 heteroatoms. The lowest BCUT2D eigenvalue weighted by molar-refractivity contribution is -0.128. The average molecular weight is 374 g/mol. The van der Waals surface area contributed by atoms with Crippen molar-refractivity contribution in [1.29, 1.82) is 0 Å². The summed E-state index contributed by atoms with van der Waals surface area (Å²) >= 11 is 5.88. The monoisotopic (exact) mass is 373 g/mol. The molecule has 0 bridgehead atoms. The Morgan fingerprint density at radius 3 is 2.65 bits per heavy atom. The van der Waals surface area contributed by atoms with Crippen molar-refractivity contribution in [3.8, 4) is 11.5 Å². The second kappa shape index (κ2) is 7.20. The minimum atomic E-state index is -0.615. The molecular weight excluding hydrogens is 350 g/mol. The summed E-state index contributed by atoms with van der Waals surface area (Å²) in [4.78, 5) is 12.7. The number of nitrogens with one attached hydrogen (secondary N) is 1. The highest BCUT2D eigenvalue weighted by Gasteiger charge is 2.35. The zero-order valence-corrected chi connectivity index (χ0v) is 16.3. The number of amides is 1. The summed E-state index contributed by atoms with van der Waals surface area (Å²) < 4.78 is 11.8. The summed E-state index contributed by atoms with van der Waals surface area (Å²) in [5.41, 5.74) is 1.78. The van der Waals surface area contributed by atoms with Crippen LogP contribution < -0.4 is 14.8 Å². The van der Waals surface area contributed by atoms with Crippen LogP contribution in [0.4, 0.5) is 0 Å². The van der Waals surface area contributed by atoms with Gasteiger partial charge in [0.15, 0.2) is 6.10 Å². The molecule has 2 unspecified atom stereocenters. The molecule has 138 valence electrons. The average Bonchev–Trinajstić information content (AvgIpc) is 2.55. The molecule has 26 heavy (non-hydrogen) atoms. The molecule has 2 aromatic carbocycles. The van der Waals surface area contributed by atoms with Crippen molar-refractivity contribution in [3.63, 3.8) is 0 Å². The Morgan fingerprint density at radius 1 is 1.27 bits per heavy atom. The van der Waals surface area contributed by atoms with Gasteiger partial charge in [-0.1, -0.05) is 23.7 Å². The number of ether oxygens (including phenoxy) is 2. The minimum absolute atomic E-state index is 0.113. The van der Waals surface area contributed by atoms with Gasteiger partial charge in [0, 0.05) is 17.0 Å². The number of hydrogen-bond acceptors (Lipinski definition) is 3. The number of benzene rings is 2. The molecule has 0 aliphatic carbocycles. The number of halogens is 1. The molecule has 0 fully saturated rings. The van der Waals surface area contributed by atoms with Crippen molar-refractivity contribution >= 4 is 17.5 Å². The standard InChI is InChI=1S/C21H24ClNO3/c1-13-5-10-17-18(12-21(3,4)26-19(17)11-13)23-20(24)14(2)25-16-8-6-15(22)7-9-16/h5-11,14,18H,12H2,1-4H3,(H,23,24). The van der Waals surface area contributed by atoms with Crippen LogP contribution in [0, 0.1) is 6.92 Å². The highest BCUT2D eigenvalue weighted by Crippen LogP contribution is 2.39. The first-order valence-corrected chi connectivity index (χ1v) is 9.13. The molecule has 1 aliphatic heterocycles. The zero-order chi connectivity index (χ0) is 18.9. The molecule has 0 aromatic heterocycles. The van der Waals surface area contributed by atoms with E-state index in [1.807, 2.05) is 39.0 Å². The summed E-state index contributed by atoms with van der Waals surface area (Å²) in [5.74, 6) is 1.28. The van der Waals surface area contributed by atoms with Crippen LogP contribution in [0.15, 0.2) is 42.5 Å². The Balaban J connectivity index is 1.73. The molecule has 1 N–H and O–H groups in total. The first kappa shape index (κ1) is 18.6. The molecule has 3 rings (SSSR count). The molecule has 2 aromatic rings. The molecule has 0 radical (unpaired) electrons. The van der Waals surface area contributed by atoms with Crippen molar-refractivity contribution in [2.24, 2.45) is 0 Å². The molecule has 1 amide bonds. The van der Waals surface area contributed by atoms with Crippen molar-refractivity contribution < 1.29 is 14.3 Å². The van der Waals surface area contributed by atoms with E-state index in [2.05, 4.69) is 5.32 Å².